The summed E-state index contributed by atoms with van der Waals surface area (Å²) in [5.41, 5.74) is 5.54. The fraction of sp³-hybridized carbons (Fsp3) is 0.0455. The van der Waals surface area contributed by atoms with E-state index in [1.807, 2.05) is 43.4 Å². The van der Waals surface area contributed by atoms with Crippen molar-refractivity contribution in [2.45, 2.75) is 0 Å². The van der Waals surface area contributed by atoms with Gasteiger partial charge >= 0.3 is 0 Å². The molecule has 128 valence electrons. The van der Waals surface area contributed by atoms with Crippen LogP contribution in [0.2, 0.25) is 0 Å². The predicted octanol–water partition coefficient (Wildman–Crippen LogP) is 5.41. The van der Waals surface area contributed by atoms with Crippen molar-refractivity contribution in [2.24, 2.45) is 0 Å². The van der Waals surface area contributed by atoms with Gasteiger partial charge in [0.1, 0.15) is 11.3 Å². The van der Waals surface area contributed by atoms with Crippen molar-refractivity contribution in [1.82, 2.24) is 4.98 Å². The van der Waals surface area contributed by atoms with E-state index in [4.69, 9.17) is 4.42 Å². The zero-order valence-electron chi connectivity index (χ0n) is 14.3. The van der Waals surface area contributed by atoms with Crippen molar-refractivity contribution in [3.8, 4) is 17.2 Å². The van der Waals surface area contributed by atoms with Crippen LogP contribution in [-0.4, -0.2) is 17.1 Å². The van der Waals surface area contributed by atoms with E-state index >= 15 is 0 Å². The molecule has 2 N–H and O–H groups in total. The van der Waals surface area contributed by atoms with Gasteiger partial charge in [0.25, 0.3) is 0 Å². The first-order chi connectivity index (χ1) is 12.7. The molecule has 0 amide bonds. The third-order valence-electron chi connectivity index (χ3n) is 4.20. The third-order valence-corrected chi connectivity index (χ3v) is 4.20. The van der Waals surface area contributed by atoms with E-state index in [-0.39, 0.29) is 5.75 Å². The second-order valence-electron chi connectivity index (χ2n) is 6.00. The van der Waals surface area contributed by atoms with Gasteiger partial charge in [0, 0.05) is 24.4 Å². The van der Waals surface area contributed by atoms with E-state index in [1.54, 1.807) is 18.2 Å². The van der Waals surface area contributed by atoms with Crippen LogP contribution in [0.15, 0.2) is 71.1 Å². The molecule has 4 rings (SSSR count). The van der Waals surface area contributed by atoms with E-state index in [2.05, 4.69) is 34.6 Å². The van der Waals surface area contributed by atoms with E-state index in [0.717, 1.165) is 22.4 Å². The molecule has 0 aliphatic carbocycles. The maximum Gasteiger partial charge on any atom is 0.227 e. The van der Waals surface area contributed by atoms with Crippen LogP contribution in [-0.2, 0) is 0 Å². The molecule has 3 aromatic carbocycles. The number of phenolic OH excluding ortho intramolecular Hbond substituents is 1. The Balaban J connectivity index is 1.54. The number of nitrogens with zero attached hydrogens (tertiary/aromatic N) is 1. The number of hydrogen-bond acceptors (Lipinski definition) is 4. The van der Waals surface area contributed by atoms with Crippen LogP contribution >= 0.6 is 0 Å². The number of fused-ring (bicyclic) bond motifs is 1. The number of aromatic nitrogens is 1. The number of nitrogens with one attached hydrogen (secondary N) is 1. The fourth-order valence-corrected chi connectivity index (χ4v) is 2.73. The molecule has 0 aliphatic heterocycles. The molecule has 0 fully saturated rings. The molecule has 0 radical (unpaired) electrons. The van der Waals surface area contributed by atoms with Crippen LogP contribution in [0, 0.1) is 0 Å². The lowest BCUT2D eigenvalue weighted by molar-refractivity contribution is 0.476. The van der Waals surface area contributed by atoms with Crippen LogP contribution in [0.1, 0.15) is 11.1 Å². The third kappa shape index (κ3) is 3.30. The summed E-state index contributed by atoms with van der Waals surface area (Å²) in [4.78, 5) is 4.43. The van der Waals surface area contributed by atoms with Crippen molar-refractivity contribution >= 4 is 28.9 Å². The highest BCUT2D eigenvalue weighted by molar-refractivity contribution is 5.78. The molecule has 4 heteroatoms. The Morgan fingerprint density at radius 1 is 0.885 bits per heavy atom. The predicted molar refractivity (Wildman–Crippen MR) is 106 cm³/mol. The molecular formula is C22H18N2O2. The van der Waals surface area contributed by atoms with Crippen molar-refractivity contribution in [1.29, 1.82) is 0 Å². The highest BCUT2D eigenvalue weighted by Crippen LogP contribution is 2.27. The number of anilines is 1. The average Bonchev–Trinajstić information content (AvgIpc) is 3.10. The second kappa shape index (κ2) is 6.76. The Bertz CT molecular complexity index is 1060. The van der Waals surface area contributed by atoms with Gasteiger partial charge in [-0.1, -0.05) is 36.4 Å². The molecule has 0 spiro atoms. The van der Waals surface area contributed by atoms with Gasteiger partial charge in [-0.25, -0.2) is 4.98 Å². The molecule has 0 saturated heterocycles. The van der Waals surface area contributed by atoms with Crippen molar-refractivity contribution in [2.75, 3.05) is 12.4 Å². The Labute approximate surface area is 151 Å². The Hall–Kier alpha value is -3.53. The Kier molecular flexibility index (Phi) is 4.15. The molecule has 1 aromatic heterocycles. The quantitative estimate of drug-likeness (QED) is 0.487. The lowest BCUT2D eigenvalue weighted by Gasteiger charge is -2.00. The van der Waals surface area contributed by atoms with E-state index in [9.17, 15) is 5.11 Å². The number of benzene rings is 3. The summed E-state index contributed by atoms with van der Waals surface area (Å²) in [5.74, 6) is 0.726. The minimum absolute atomic E-state index is 0.181. The summed E-state index contributed by atoms with van der Waals surface area (Å²) >= 11 is 0. The van der Waals surface area contributed by atoms with Gasteiger partial charge in [0.05, 0.1) is 0 Å². The molecule has 0 bridgehead atoms. The smallest absolute Gasteiger partial charge is 0.227 e. The average molecular weight is 342 g/mol. The second-order valence-corrected chi connectivity index (χ2v) is 6.00. The highest BCUT2D eigenvalue weighted by atomic mass is 16.3. The molecule has 4 nitrogen and oxygen atoms in total. The van der Waals surface area contributed by atoms with Crippen molar-refractivity contribution in [3.05, 3.63) is 77.9 Å². The maximum atomic E-state index is 9.54. The van der Waals surface area contributed by atoms with Gasteiger partial charge in [0.2, 0.25) is 5.89 Å². The van der Waals surface area contributed by atoms with Gasteiger partial charge < -0.3 is 14.8 Å². The van der Waals surface area contributed by atoms with Crippen LogP contribution in [0.25, 0.3) is 34.7 Å². The zero-order valence-corrected chi connectivity index (χ0v) is 14.3. The first-order valence-corrected chi connectivity index (χ1v) is 8.37. The highest BCUT2D eigenvalue weighted by Gasteiger charge is 2.08. The van der Waals surface area contributed by atoms with Crippen molar-refractivity contribution < 1.29 is 9.52 Å². The summed E-state index contributed by atoms with van der Waals surface area (Å²) in [7, 11) is 1.91. The van der Waals surface area contributed by atoms with Gasteiger partial charge in [-0.05, 0) is 47.5 Å². The number of rotatable bonds is 4. The number of hydrogen-bond donors (Lipinski definition) is 2. The normalized spacial score (nSPS) is 11.3. The topological polar surface area (TPSA) is 58.3 Å². The number of phenols is 1. The molecule has 0 atom stereocenters. The van der Waals surface area contributed by atoms with Gasteiger partial charge in [0.15, 0.2) is 5.58 Å². The molecule has 0 unspecified atom stereocenters. The molecule has 1 heterocycles. The summed E-state index contributed by atoms with van der Waals surface area (Å²) in [6.45, 7) is 0. The molecular weight excluding hydrogens is 324 g/mol. The fourth-order valence-electron chi connectivity index (χ4n) is 2.73. The zero-order chi connectivity index (χ0) is 17.9. The maximum absolute atomic E-state index is 9.54. The minimum Gasteiger partial charge on any atom is -0.508 e. The first-order valence-electron chi connectivity index (χ1n) is 8.37. The monoisotopic (exact) mass is 342 g/mol. The minimum atomic E-state index is 0.181. The van der Waals surface area contributed by atoms with Crippen LogP contribution in [0.3, 0.4) is 0 Å². The summed E-state index contributed by atoms with van der Waals surface area (Å²) in [6, 6.07) is 21.2. The standard InChI is InChI=1S/C22H18N2O2/c1-23-18-10-6-16(7-11-18)3-2-15-4-8-17(9-5-15)22-24-20-14-19(25)12-13-21(20)26-22/h2-14,23,25H,1H3/b3-2+. The van der Waals surface area contributed by atoms with Gasteiger partial charge in [-0.3, -0.25) is 0 Å². The number of aromatic hydroxyl groups is 1. The van der Waals surface area contributed by atoms with Gasteiger partial charge in [-0.2, -0.15) is 0 Å². The lowest BCUT2D eigenvalue weighted by atomic mass is 10.1. The van der Waals surface area contributed by atoms with Crippen LogP contribution in [0.4, 0.5) is 5.69 Å². The van der Waals surface area contributed by atoms with E-state index in [0.29, 0.717) is 17.0 Å². The van der Waals surface area contributed by atoms with Crippen molar-refractivity contribution in [3.63, 3.8) is 0 Å². The molecule has 0 saturated carbocycles. The van der Waals surface area contributed by atoms with Crippen LogP contribution in [0.5, 0.6) is 5.75 Å². The molecule has 0 aliphatic rings. The summed E-state index contributed by atoms with van der Waals surface area (Å²) in [6.07, 6.45) is 4.15. The van der Waals surface area contributed by atoms with Crippen LogP contribution < -0.4 is 5.32 Å². The lowest BCUT2D eigenvalue weighted by Crippen LogP contribution is -1.86. The Morgan fingerprint density at radius 2 is 1.54 bits per heavy atom. The first kappa shape index (κ1) is 16.0. The SMILES string of the molecule is CNc1ccc(/C=C/c2ccc(-c3nc4cc(O)ccc4o3)cc2)cc1. The molecule has 4 aromatic rings. The summed E-state index contributed by atoms with van der Waals surface area (Å²) in [5, 5.41) is 12.6. The largest absolute Gasteiger partial charge is 0.508 e. The van der Waals surface area contributed by atoms with E-state index < -0.39 is 0 Å². The Morgan fingerprint density at radius 3 is 2.19 bits per heavy atom. The number of oxazole rings is 1. The van der Waals surface area contributed by atoms with Gasteiger partial charge in [-0.15, -0.1) is 0 Å². The van der Waals surface area contributed by atoms with E-state index in [1.165, 1.54) is 0 Å². The summed E-state index contributed by atoms with van der Waals surface area (Å²) < 4.78 is 5.75. The molecule has 26 heavy (non-hydrogen) atoms.